The summed E-state index contributed by atoms with van der Waals surface area (Å²) in [7, 11) is 1.40. The van der Waals surface area contributed by atoms with Crippen LogP contribution in [0.1, 0.15) is 25.6 Å². The van der Waals surface area contributed by atoms with E-state index in [0.29, 0.717) is 47.7 Å². The minimum Gasteiger partial charge on any atom is -0.469 e. The maximum atomic E-state index is 12.8. The standard InChI is InChI=1S/C23H25N3O4S2/c1-14(22(28)26-10-8-16(9-11-26)23(29)30-2)31-13-18-24-20(27)19-17(12-32-21(19)25-18)15-6-4-3-5-7-15/h3-7,12,14,16H,8-11,13H2,1-2H3,(H,24,25,27). The molecule has 3 heterocycles. The number of nitrogens with one attached hydrogen (secondary N) is 1. The van der Waals surface area contributed by atoms with Crippen molar-refractivity contribution in [2.75, 3.05) is 20.2 Å². The monoisotopic (exact) mass is 471 g/mol. The Morgan fingerprint density at radius 2 is 2.00 bits per heavy atom. The Morgan fingerprint density at radius 1 is 1.28 bits per heavy atom. The van der Waals surface area contributed by atoms with Crippen LogP contribution >= 0.6 is 23.1 Å². The van der Waals surface area contributed by atoms with Crippen molar-refractivity contribution in [3.63, 3.8) is 0 Å². The lowest BCUT2D eigenvalue weighted by atomic mass is 9.97. The number of benzene rings is 1. The van der Waals surface area contributed by atoms with Gasteiger partial charge in [0.15, 0.2) is 0 Å². The van der Waals surface area contributed by atoms with Crippen LogP contribution < -0.4 is 5.56 Å². The smallest absolute Gasteiger partial charge is 0.308 e. The van der Waals surface area contributed by atoms with E-state index in [2.05, 4.69) is 9.97 Å². The molecule has 32 heavy (non-hydrogen) atoms. The summed E-state index contributed by atoms with van der Waals surface area (Å²) in [5.74, 6) is 0.728. The van der Waals surface area contributed by atoms with E-state index >= 15 is 0 Å². The SMILES string of the molecule is COC(=O)C1CCN(C(=O)C(C)SCc2nc3scc(-c4ccccc4)c3c(=O)[nH]2)CC1. The Labute approximate surface area is 194 Å². The van der Waals surface area contributed by atoms with Crippen LogP contribution in [0.2, 0.25) is 0 Å². The van der Waals surface area contributed by atoms with Crippen LogP contribution in [-0.4, -0.2) is 52.2 Å². The lowest BCUT2D eigenvalue weighted by molar-refractivity contribution is -0.148. The number of hydrogen-bond acceptors (Lipinski definition) is 7. The van der Waals surface area contributed by atoms with Crippen LogP contribution in [-0.2, 0) is 20.1 Å². The van der Waals surface area contributed by atoms with E-state index in [1.807, 2.05) is 47.5 Å². The van der Waals surface area contributed by atoms with Crippen LogP contribution in [0.3, 0.4) is 0 Å². The van der Waals surface area contributed by atoms with Gasteiger partial charge in [0.1, 0.15) is 10.7 Å². The zero-order valence-corrected chi connectivity index (χ0v) is 19.6. The topological polar surface area (TPSA) is 92.4 Å². The number of likely N-dealkylation sites (tertiary alicyclic amines) is 1. The largest absolute Gasteiger partial charge is 0.469 e. The number of fused-ring (bicyclic) bond motifs is 1. The van der Waals surface area contributed by atoms with Gasteiger partial charge in [0.2, 0.25) is 5.91 Å². The van der Waals surface area contributed by atoms with Gasteiger partial charge in [0.25, 0.3) is 5.56 Å². The van der Waals surface area contributed by atoms with E-state index in [0.717, 1.165) is 11.1 Å². The highest BCUT2D eigenvalue weighted by Gasteiger charge is 2.30. The van der Waals surface area contributed by atoms with Gasteiger partial charge >= 0.3 is 5.97 Å². The van der Waals surface area contributed by atoms with Gasteiger partial charge in [-0.15, -0.1) is 23.1 Å². The summed E-state index contributed by atoms with van der Waals surface area (Å²) >= 11 is 2.90. The number of ether oxygens (including phenoxy) is 1. The number of H-pyrrole nitrogens is 1. The van der Waals surface area contributed by atoms with Crippen molar-refractivity contribution in [2.24, 2.45) is 5.92 Å². The molecule has 1 amide bonds. The van der Waals surface area contributed by atoms with E-state index in [1.165, 1.54) is 30.2 Å². The molecule has 168 valence electrons. The first-order valence-electron chi connectivity index (χ1n) is 10.5. The van der Waals surface area contributed by atoms with Crippen molar-refractivity contribution in [2.45, 2.75) is 30.8 Å². The second-order valence-corrected chi connectivity index (χ2v) is 9.97. The van der Waals surface area contributed by atoms with E-state index < -0.39 is 0 Å². The number of aromatic nitrogens is 2. The Kier molecular flexibility index (Phi) is 6.95. The van der Waals surface area contributed by atoms with E-state index in [4.69, 9.17) is 4.74 Å². The number of amides is 1. The van der Waals surface area contributed by atoms with Crippen molar-refractivity contribution in [3.05, 3.63) is 51.9 Å². The molecule has 1 N–H and O–H groups in total. The van der Waals surface area contributed by atoms with Gasteiger partial charge in [-0.2, -0.15) is 0 Å². The van der Waals surface area contributed by atoms with Gasteiger partial charge in [-0.25, -0.2) is 4.98 Å². The molecular weight excluding hydrogens is 446 g/mol. The molecule has 0 radical (unpaired) electrons. The Balaban J connectivity index is 1.39. The average Bonchev–Trinajstić information content (AvgIpc) is 3.27. The molecule has 7 nitrogen and oxygen atoms in total. The summed E-state index contributed by atoms with van der Waals surface area (Å²) in [5.41, 5.74) is 1.72. The molecule has 0 saturated carbocycles. The molecule has 1 aliphatic heterocycles. The van der Waals surface area contributed by atoms with E-state index in [-0.39, 0.29) is 28.6 Å². The highest BCUT2D eigenvalue weighted by Crippen LogP contribution is 2.31. The highest BCUT2D eigenvalue weighted by atomic mass is 32.2. The first-order chi connectivity index (χ1) is 15.5. The maximum absolute atomic E-state index is 12.8. The first-order valence-corrected chi connectivity index (χ1v) is 12.4. The molecule has 1 aliphatic rings. The van der Waals surface area contributed by atoms with Crippen LogP contribution in [0.4, 0.5) is 0 Å². The number of methoxy groups -OCH3 is 1. The van der Waals surface area contributed by atoms with Crippen molar-refractivity contribution in [1.82, 2.24) is 14.9 Å². The highest BCUT2D eigenvalue weighted by molar-refractivity contribution is 7.99. The number of piperidine rings is 1. The fraction of sp³-hybridized carbons (Fsp3) is 0.391. The molecule has 1 aromatic carbocycles. The summed E-state index contributed by atoms with van der Waals surface area (Å²) < 4.78 is 4.81. The molecule has 4 rings (SSSR count). The van der Waals surface area contributed by atoms with Gasteiger partial charge in [0, 0.05) is 24.0 Å². The number of esters is 1. The molecule has 1 saturated heterocycles. The number of hydrogen-bond donors (Lipinski definition) is 1. The van der Waals surface area contributed by atoms with Crippen LogP contribution in [0, 0.1) is 5.92 Å². The summed E-state index contributed by atoms with van der Waals surface area (Å²) in [6.45, 7) is 2.98. The zero-order chi connectivity index (χ0) is 22.7. The second-order valence-electron chi connectivity index (χ2n) is 7.78. The van der Waals surface area contributed by atoms with Gasteiger partial charge < -0.3 is 14.6 Å². The predicted molar refractivity (Wildman–Crippen MR) is 128 cm³/mol. The number of aromatic amines is 1. The zero-order valence-electron chi connectivity index (χ0n) is 18.0. The summed E-state index contributed by atoms with van der Waals surface area (Å²) in [5, 5.41) is 2.30. The van der Waals surface area contributed by atoms with E-state index in [1.54, 1.807) is 0 Å². The van der Waals surface area contributed by atoms with Gasteiger partial charge in [-0.05, 0) is 25.3 Å². The number of thioether (sulfide) groups is 1. The predicted octanol–water partition coefficient (Wildman–Crippen LogP) is 3.68. The molecule has 0 bridgehead atoms. The third-order valence-electron chi connectivity index (χ3n) is 5.74. The molecule has 3 aromatic rings. The van der Waals surface area contributed by atoms with Crippen LogP contribution in [0.5, 0.6) is 0 Å². The van der Waals surface area contributed by atoms with E-state index in [9.17, 15) is 14.4 Å². The van der Waals surface area contributed by atoms with Gasteiger partial charge in [-0.1, -0.05) is 30.3 Å². The fourth-order valence-electron chi connectivity index (χ4n) is 3.93. The lowest BCUT2D eigenvalue weighted by Crippen LogP contribution is -2.43. The fourth-order valence-corrected chi connectivity index (χ4v) is 5.73. The Hall–Kier alpha value is -2.65. The van der Waals surface area contributed by atoms with Crippen molar-refractivity contribution in [3.8, 4) is 11.1 Å². The second kappa shape index (κ2) is 9.87. The molecule has 9 heteroatoms. The lowest BCUT2D eigenvalue weighted by Gasteiger charge is -2.32. The van der Waals surface area contributed by atoms with Crippen LogP contribution in [0.15, 0.2) is 40.5 Å². The van der Waals surface area contributed by atoms with Crippen molar-refractivity contribution >= 4 is 45.2 Å². The molecule has 0 spiro atoms. The van der Waals surface area contributed by atoms with Gasteiger partial charge in [-0.3, -0.25) is 14.4 Å². The number of carbonyl (C=O) groups is 2. The third-order valence-corrected chi connectivity index (χ3v) is 7.75. The third kappa shape index (κ3) is 4.73. The number of carbonyl (C=O) groups excluding carboxylic acids is 2. The number of thiophene rings is 1. The molecule has 1 unspecified atom stereocenters. The maximum Gasteiger partial charge on any atom is 0.308 e. The minimum atomic E-state index is -0.270. The van der Waals surface area contributed by atoms with Crippen LogP contribution in [0.25, 0.3) is 21.3 Å². The minimum absolute atomic E-state index is 0.0456. The quantitative estimate of drug-likeness (QED) is 0.552. The molecule has 2 aromatic heterocycles. The molecular formula is C23H25N3O4S2. The number of nitrogens with zero attached hydrogens (tertiary/aromatic N) is 2. The summed E-state index contributed by atoms with van der Waals surface area (Å²) in [6, 6.07) is 9.79. The molecule has 1 fully saturated rings. The van der Waals surface area contributed by atoms with Crippen molar-refractivity contribution < 1.29 is 14.3 Å². The molecule has 0 aliphatic carbocycles. The number of rotatable bonds is 6. The Morgan fingerprint density at radius 3 is 2.69 bits per heavy atom. The normalized spacial score (nSPS) is 15.6. The molecule has 1 atom stereocenters. The average molecular weight is 472 g/mol. The first kappa shape index (κ1) is 22.5. The van der Waals surface area contributed by atoms with Crippen molar-refractivity contribution in [1.29, 1.82) is 0 Å². The summed E-state index contributed by atoms with van der Waals surface area (Å²) in [4.78, 5) is 47.3. The van der Waals surface area contributed by atoms with Gasteiger partial charge in [0.05, 0.1) is 29.4 Å². The summed E-state index contributed by atoms with van der Waals surface area (Å²) in [6.07, 6.45) is 1.26. The Bertz CT molecular complexity index is 1170.